The first-order valence-electron chi connectivity index (χ1n) is 8.08. The Morgan fingerprint density at radius 2 is 2.00 bits per heavy atom. The average molecular weight is 397 g/mol. The summed E-state index contributed by atoms with van der Waals surface area (Å²) in [6.07, 6.45) is 2.57. The van der Waals surface area contributed by atoms with Crippen molar-refractivity contribution in [2.45, 2.75) is 19.8 Å². The Bertz CT molecular complexity index is 1150. The number of hydrogen-bond acceptors (Lipinski definition) is 5. The van der Waals surface area contributed by atoms with Crippen LogP contribution in [0.5, 0.6) is 0 Å². The van der Waals surface area contributed by atoms with E-state index in [1.807, 2.05) is 0 Å². The van der Waals surface area contributed by atoms with Crippen LogP contribution in [0.3, 0.4) is 0 Å². The van der Waals surface area contributed by atoms with Crippen molar-refractivity contribution < 1.29 is 8.78 Å². The van der Waals surface area contributed by atoms with Gasteiger partial charge in [0.05, 0.1) is 24.0 Å². The molecule has 0 unspecified atom stereocenters. The molecule has 11 heteroatoms. The van der Waals surface area contributed by atoms with Gasteiger partial charge >= 0.3 is 5.69 Å². The zero-order valence-electron chi connectivity index (χ0n) is 14.4. The fraction of sp³-hybridized carbons (Fsp3) is 0.375. The summed E-state index contributed by atoms with van der Waals surface area (Å²) in [5.74, 6) is -2.90. The summed E-state index contributed by atoms with van der Waals surface area (Å²) >= 11 is 6.12. The van der Waals surface area contributed by atoms with E-state index in [9.17, 15) is 18.4 Å². The summed E-state index contributed by atoms with van der Waals surface area (Å²) in [5.41, 5.74) is -1.62. The Kier molecular flexibility index (Phi) is 3.68. The summed E-state index contributed by atoms with van der Waals surface area (Å²) in [6.45, 7) is 2.59. The van der Waals surface area contributed by atoms with Crippen LogP contribution in [0, 0.1) is 5.41 Å². The number of aromatic nitrogens is 5. The molecule has 1 aliphatic heterocycles. The van der Waals surface area contributed by atoms with Crippen molar-refractivity contribution in [1.29, 1.82) is 0 Å². The molecule has 0 saturated carbocycles. The fourth-order valence-corrected chi connectivity index (χ4v) is 3.33. The molecule has 3 aromatic heterocycles. The van der Waals surface area contributed by atoms with Crippen LogP contribution >= 0.6 is 11.6 Å². The Labute approximate surface area is 155 Å². The van der Waals surface area contributed by atoms with E-state index < -0.39 is 29.1 Å². The zero-order chi connectivity index (χ0) is 19.6. The van der Waals surface area contributed by atoms with E-state index in [0.29, 0.717) is 11.3 Å². The summed E-state index contributed by atoms with van der Waals surface area (Å²) in [6, 6.07) is 1.50. The van der Waals surface area contributed by atoms with Gasteiger partial charge < -0.3 is 9.88 Å². The van der Waals surface area contributed by atoms with E-state index in [4.69, 9.17) is 11.6 Å². The number of hydrogen-bond donors (Lipinski definition) is 2. The van der Waals surface area contributed by atoms with E-state index in [-0.39, 0.29) is 23.0 Å². The highest BCUT2D eigenvalue weighted by molar-refractivity contribution is 6.29. The van der Waals surface area contributed by atoms with Gasteiger partial charge in [-0.1, -0.05) is 25.4 Å². The Morgan fingerprint density at radius 1 is 1.26 bits per heavy atom. The summed E-state index contributed by atoms with van der Waals surface area (Å²) in [5, 5.41) is 4.43. The van der Waals surface area contributed by atoms with Crippen molar-refractivity contribution >= 4 is 22.9 Å². The lowest BCUT2D eigenvalue weighted by Gasteiger charge is -2.24. The average Bonchev–Trinajstić information content (AvgIpc) is 3.04. The van der Waals surface area contributed by atoms with Gasteiger partial charge in [0.25, 0.3) is 11.5 Å². The van der Waals surface area contributed by atoms with Crippen LogP contribution in [0.2, 0.25) is 5.15 Å². The second kappa shape index (κ2) is 5.62. The minimum Gasteiger partial charge on any atom is -0.362 e. The number of nitrogens with zero attached hydrogens (tertiary/aromatic N) is 4. The molecular formula is C16H15ClF2N6O2. The number of H-pyrrole nitrogens is 2. The molecule has 0 radical (unpaired) electrons. The number of alkyl halides is 2. The Hall–Kier alpha value is -2.75. The number of imidazole rings is 1. The largest absolute Gasteiger partial charge is 0.362 e. The molecule has 0 aliphatic carbocycles. The van der Waals surface area contributed by atoms with E-state index in [1.54, 1.807) is 0 Å². The summed E-state index contributed by atoms with van der Waals surface area (Å²) in [7, 11) is 0. The molecule has 1 saturated heterocycles. The van der Waals surface area contributed by atoms with Crippen LogP contribution in [-0.2, 0) is 0 Å². The number of aromatic amines is 2. The van der Waals surface area contributed by atoms with Crippen molar-refractivity contribution in [3.8, 4) is 11.3 Å². The van der Waals surface area contributed by atoms with E-state index in [1.165, 1.54) is 41.7 Å². The Morgan fingerprint density at radius 3 is 2.63 bits per heavy atom. The minimum atomic E-state index is -2.90. The lowest BCUT2D eigenvalue weighted by Crippen LogP contribution is -2.34. The van der Waals surface area contributed by atoms with Crippen LogP contribution in [0.1, 0.15) is 13.8 Å². The van der Waals surface area contributed by atoms with Crippen LogP contribution in [0.4, 0.5) is 14.5 Å². The zero-order valence-corrected chi connectivity index (χ0v) is 15.1. The maximum Gasteiger partial charge on any atom is 0.325 e. The first kappa shape index (κ1) is 17.7. The normalized spacial score (nSPS) is 18.3. The fourth-order valence-electron chi connectivity index (χ4n) is 3.16. The summed E-state index contributed by atoms with van der Waals surface area (Å²) < 4.78 is 30.1. The molecule has 0 spiro atoms. The lowest BCUT2D eigenvalue weighted by molar-refractivity contribution is -0.0642. The van der Waals surface area contributed by atoms with E-state index in [0.717, 1.165) is 0 Å². The van der Waals surface area contributed by atoms with Gasteiger partial charge in [-0.3, -0.25) is 9.78 Å². The molecule has 3 aromatic rings. The van der Waals surface area contributed by atoms with Crippen LogP contribution in [-0.4, -0.2) is 43.6 Å². The number of anilines is 1. The van der Waals surface area contributed by atoms with Gasteiger partial charge in [0.2, 0.25) is 0 Å². The smallest absolute Gasteiger partial charge is 0.325 e. The first-order chi connectivity index (χ1) is 12.6. The molecule has 0 amide bonds. The third kappa shape index (κ3) is 2.71. The topological polar surface area (TPSA) is 99.2 Å². The van der Waals surface area contributed by atoms with Crippen molar-refractivity contribution in [2.75, 3.05) is 18.0 Å². The highest BCUT2D eigenvalue weighted by Gasteiger charge is 2.54. The number of halogens is 3. The van der Waals surface area contributed by atoms with Gasteiger partial charge in [-0.15, -0.1) is 0 Å². The van der Waals surface area contributed by atoms with E-state index >= 15 is 0 Å². The molecule has 1 fully saturated rings. The van der Waals surface area contributed by atoms with Gasteiger partial charge in [0.1, 0.15) is 5.69 Å². The number of rotatable bonds is 2. The quantitative estimate of drug-likeness (QED) is 0.689. The van der Waals surface area contributed by atoms with E-state index in [2.05, 4.69) is 20.1 Å². The first-order valence-corrected chi connectivity index (χ1v) is 8.46. The molecular weight excluding hydrogens is 382 g/mol. The van der Waals surface area contributed by atoms with Gasteiger partial charge in [0, 0.05) is 18.2 Å². The minimum absolute atomic E-state index is 0.0766. The molecule has 142 valence electrons. The highest BCUT2D eigenvalue weighted by atomic mass is 35.5. The van der Waals surface area contributed by atoms with Crippen molar-refractivity contribution in [3.05, 3.63) is 44.5 Å². The molecule has 2 N–H and O–H groups in total. The second-order valence-corrected chi connectivity index (χ2v) is 7.55. The van der Waals surface area contributed by atoms with Crippen molar-refractivity contribution in [3.63, 3.8) is 0 Å². The third-order valence-electron chi connectivity index (χ3n) is 4.81. The molecule has 0 bridgehead atoms. The Balaban J connectivity index is 1.93. The standard InChI is InChI=1S/C16H15ClF2N6O2/c1-15(2)6-24(7-16(15,18)19)10-3-9(8-4-21-14(27)22-13(8)26)23-25-11(17)5-20-12(10)25/h3-5H,6-7H2,1-2H3,(H2,21,22,26,27). The predicted octanol–water partition coefficient (Wildman–Crippen LogP) is 1.91. The molecule has 0 aromatic carbocycles. The highest BCUT2D eigenvalue weighted by Crippen LogP contribution is 2.45. The van der Waals surface area contributed by atoms with Gasteiger partial charge in [-0.2, -0.15) is 9.61 Å². The van der Waals surface area contributed by atoms with Gasteiger partial charge in [-0.25, -0.2) is 18.6 Å². The molecule has 4 heterocycles. The molecule has 1 aliphatic rings. The lowest BCUT2D eigenvalue weighted by atomic mass is 9.89. The molecule has 27 heavy (non-hydrogen) atoms. The van der Waals surface area contributed by atoms with Crippen molar-refractivity contribution in [2.24, 2.45) is 5.41 Å². The molecule has 4 rings (SSSR count). The summed E-state index contributed by atoms with van der Waals surface area (Å²) in [4.78, 5) is 33.5. The molecule has 0 atom stereocenters. The van der Waals surface area contributed by atoms with Crippen LogP contribution in [0.25, 0.3) is 16.9 Å². The predicted molar refractivity (Wildman–Crippen MR) is 95.6 cm³/mol. The SMILES string of the molecule is CC1(C)CN(c2cc(-c3c[nH]c(=O)[nH]c3=O)nn3c(Cl)cnc23)CC1(F)F. The third-order valence-corrected chi connectivity index (χ3v) is 5.07. The molecule has 8 nitrogen and oxygen atoms in total. The van der Waals surface area contributed by atoms with Crippen molar-refractivity contribution in [1.82, 2.24) is 24.6 Å². The maximum atomic E-state index is 14.4. The van der Waals surface area contributed by atoms with Crippen LogP contribution < -0.4 is 16.1 Å². The second-order valence-electron chi connectivity index (χ2n) is 7.16. The number of fused-ring (bicyclic) bond motifs is 1. The maximum absolute atomic E-state index is 14.4. The number of nitrogens with one attached hydrogen (secondary N) is 2. The van der Waals surface area contributed by atoms with Gasteiger partial charge in [-0.05, 0) is 6.07 Å². The van der Waals surface area contributed by atoms with Crippen LogP contribution in [0.15, 0.2) is 28.0 Å². The monoisotopic (exact) mass is 396 g/mol. The van der Waals surface area contributed by atoms with Gasteiger partial charge in [0.15, 0.2) is 10.8 Å².